The predicted molar refractivity (Wildman–Crippen MR) is 29.8 cm³/mol. The third-order valence-electron chi connectivity index (χ3n) is 0.167. The fourth-order valence-corrected chi connectivity index (χ4v) is 0. The van der Waals surface area contributed by atoms with Gasteiger partial charge in [-0.1, -0.05) is 6.92 Å². The number of hydrogen-bond donors (Lipinski definition) is 2. The second-order valence-corrected chi connectivity index (χ2v) is 1.42. The first kappa shape index (κ1) is 10.7. The first-order valence-corrected chi connectivity index (χ1v) is 3.31. The first-order chi connectivity index (χ1) is 3.65. The van der Waals surface area contributed by atoms with Crippen molar-refractivity contribution in [2.45, 2.75) is 13.3 Å². The van der Waals surface area contributed by atoms with Crippen molar-refractivity contribution in [2.24, 2.45) is 0 Å². The van der Waals surface area contributed by atoms with Gasteiger partial charge in [-0.15, -0.1) is 0 Å². The average molecular weight is 140 g/mol. The van der Waals surface area contributed by atoms with Gasteiger partial charge in [0.05, 0.1) is 0 Å². The summed E-state index contributed by atoms with van der Waals surface area (Å²) in [5.41, 5.74) is 0. The fraction of sp³-hybridized carbons (Fsp3) is 0.667. The molecule has 4 nitrogen and oxygen atoms in total. The molecule has 50 valence electrons. The van der Waals surface area contributed by atoms with Crippen LogP contribution < -0.4 is 0 Å². The predicted octanol–water partition coefficient (Wildman–Crippen LogP) is -0.0440. The molecule has 0 heterocycles. The number of aldehydes is 1. The van der Waals surface area contributed by atoms with E-state index in [-0.39, 0.29) is 0 Å². The zero-order chi connectivity index (χ0) is 6.99. The van der Waals surface area contributed by atoms with Crippen molar-refractivity contribution in [1.29, 1.82) is 0 Å². The van der Waals surface area contributed by atoms with E-state index in [0.29, 0.717) is 6.42 Å². The maximum atomic E-state index is 9.17. The molecule has 0 saturated carbocycles. The Balaban J connectivity index is 0. The second kappa shape index (κ2) is 9.94. The van der Waals surface area contributed by atoms with Crippen LogP contribution in [0.1, 0.15) is 13.3 Å². The zero-order valence-corrected chi connectivity index (χ0v) is 5.50. The van der Waals surface area contributed by atoms with Gasteiger partial charge in [-0.25, -0.2) is 0 Å². The highest BCUT2D eigenvalue weighted by Gasteiger charge is 1.61. The van der Waals surface area contributed by atoms with Gasteiger partial charge < -0.3 is 14.6 Å². The molecule has 0 aliphatic rings. The summed E-state index contributed by atoms with van der Waals surface area (Å²) in [6.45, 7) is 1.81. The van der Waals surface area contributed by atoms with Gasteiger partial charge in [0.25, 0.3) is 0 Å². The van der Waals surface area contributed by atoms with Crippen LogP contribution in [0.15, 0.2) is 0 Å². The summed E-state index contributed by atoms with van der Waals surface area (Å²) >= 11 is 0. The van der Waals surface area contributed by atoms with Crippen molar-refractivity contribution in [1.82, 2.24) is 0 Å². The van der Waals surface area contributed by atoms with E-state index in [0.717, 1.165) is 6.29 Å². The van der Waals surface area contributed by atoms with Gasteiger partial charge >= 0.3 is 8.25 Å². The van der Waals surface area contributed by atoms with Gasteiger partial charge in [-0.2, -0.15) is 0 Å². The molecule has 0 radical (unpaired) electrons. The number of carbonyl (C=O) groups is 1. The molecular formula is C3H9O4P. The van der Waals surface area contributed by atoms with Crippen molar-refractivity contribution in [3.63, 3.8) is 0 Å². The van der Waals surface area contributed by atoms with E-state index in [1.54, 1.807) is 0 Å². The molecule has 0 spiro atoms. The Morgan fingerprint density at radius 2 is 1.75 bits per heavy atom. The lowest BCUT2D eigenvalue weighted by molar-refractivity contribution is -0.107. The summed E-state index contributed by atoms with van der Waals surface area (Å²) < 4.78 is 8.74. The highest BCUT2D eigenvalue weighted by atomic mass is 31.1. The van der Waals surface area contributed by atoms with Gasteiger partial charge in [-0.3, -0.25) is 4.57 Å². The third-order valence-corrected chi connectivity index (χ3v) is 0.167. The standard InChI is InChI=1S/C3H6O.H3O3P/c1-2-3-4;1-4(2)3/h3H,2H2,1H3;4H,(H2,1,2,3). The minimum Gasteiger partial charge on any atom is -0.326 e. The molecule has 0 unspecified atom stereocenters. The van der Waals surface area contributed by atoms with E-state index in [1.807, 2.05) is 6.92 Å². The fourth-order valence-electron chi connectivity index (χ4n) is 0. The Bertz CT molecular complexity index is 67.7. The maximum Gasteiger partial charge on any atom is 0.314 e. The molecule has 0 aliphatic heterocycles. The van der Waals surface area contributed by atoms with E-state index >= 15 is 0 Å². The van der Waals surface area contributed by atoms with Crippen LogP contribution in [0.4, 0.5) is 0 Å². The highest BCUT2D eigenvalue weighted by Crippen LogP contribution is 1.98. The molecule has 0 aromatic carbocycles. The summed E-state index contributed by atoms with van der Waals surface area (Å²) in [5, 5.41) is 0. The minimum absolute atomic E-state index is 0.639. The second-order valence-electron chi connectivity index (χ2n) is 0.857. The van der Waals surface area contributed by atoms with Crippen molar-refractivity contribution >= 4 is 14.5 Å². The first-order valence-electron chi connectivity index (χ1n) is 2.00. The Kier molecular flexibility index (Phi) is 13.3. The van der Waals surface area contributed by atoms with Crippen molar-refractivity contribution in [3.8, 4) is 0 Å². The van der Waals surface area contributed by atoms with E-state index in [9.17, 15) is 4.79 Å². The quantitative estimate of drug-likeness (QED) is 0.395. The molecule has 0 saturated heterocycles. The molecule has 0 aromatic rings. The zero-order valence-electron chi connectivity index (χ0n) is 4.50. The summed E-state index contributed by atoms with van der Waals surface area (Å²) in [6, 6.07) is 0. The van der Waals surface area contributed by atoms with Gasteiger partial charge in [0.1, 0.15) is 6.29 Å². The van der Waals surface area contributed by atoms with Gasteiger partial charge in [0, 0.05) is 6.42 Å². The van der Waals surface area contributed by atoms with Crippen LogP contribution in [0.25, 0.3) is 0 Å². The molecular weight excluding hydrogens is 131 g/mol. The van der Waals surface area contributed by atoms with Gasteiger partial charge in [0.2, 0.25) is 0 Å². The van der Waals surface area contributed by atoms with Crippen LogP contribution in [0.5, 0.6) is 0 Å². The molecule has 8 heavy (non-hydrogen) atoms. The lowest BCUT2D eigenvalue weighted by Gasteiger charge is -1.61. The largest absolute Gasteiger partial charge is 0.326 e. The monoisotopic (exact) mass is 140 g/mol. The summed E-state index contributed by atoms with van der Waals surface area (Å²) in [6.07, 6.45) is 1.51. The lowest BCUT2D eigenvalue weighted by Crippen LogP contribution is -1.55. The summed E-state index contributed by atoms with van der Waals surface area (Å²) in [7, 11) is -3.13. The number of hydrogen-bond acceptors (Lipinski definition) is 2. The SMILES string of the molecule is CCC=O.O=[PH](O)O. The molecule has 0 aromatic heterocycles. The third kappa shape index (κ3) is 201. The minimum atomic E-state index is -3.13. The van der Waals surface area contributed by atoms with Gasteiger partial charge in [0.15, 0.2) is 0 Å². The molecule has 0 aliphatic carbocycles. The van der Waals surface area contributed by atoms with E-state index < -0.39 is 8.25 Å². The summed E-state index contributed by atoms with van der Waals surface area (Å²) in [5.74, 6) is 0. The summed E-state index contributed by atoms with van der Waals surface area (Å²) in [4.78, 5) is 23.5. The normalized spacial score (nSPS) is 7.50. The van der Waals surface area contributed by atoms with E-state index in [1.165, 1.54) is 0 Å². The van der Waals surface area contributed by atoms with Crippen molar-refractivity contribution in [3.05, 3.63) is 0 Å². The van der Waals surface area contributed by atoms with E-state index in [2.05, 4.69) is 0 Å². The van der Waals surface area contributed by atoms with Crippen LogP contribution in [0.3, 0.4) is 0 Å². The number of carbonyl (C=O) groups excluding carboxylic acids is 1. The Labute approximate surface area is 48.1 Å². The molecule has 0 rings (SSSR count). The molecule has 2 N–H and O–H groups in total. The number of rotatable bonds is 1. The van der Waals surface area contributed by atoms with Crippen LogP contribution >= 0.6 is 8.25 Å². The lowest BCUT2D eigenvalue weighted by atomic mass is 10.6. The van der Waals surface area contributed by atoms with E-state index in [4.69, 9.17) is 14.4 Å². The van der Waals surface area contributed by atoms with Crippen molar-refractivity contribution < 1.29 is 19.1 Å². The van der Waals surface area contributed by atoms with Crippen LogP contribution in [-0.2, 0) is 9.36 Å². The van der Waals surface area contributed by atoms with Crippen molar-refractivity contribution in [2.75, 3.05) is 0 Å². The topological polar surface area (TPSA) is 74.6 Å². The van der Waals surface area contributed by atoms with Crippen LogP contribution in [-0.4, -0.2) is 16.1 Å². The molecule has 0 amide bonds. The molecule has 0 atom stereocenters. The Hall–Kier alpha value is -0.180. The van der Waals surface area contributed by atoms with Gasteiger partial charge in [-0.05, 0) is 0 Å². The maximum absolute atomic E-state index is 9.17. The highest BCUT2D eigenvalue weighted by molar-refractivity contribution is 7.30. The Morgan fingerprint density at radius 1 is 1.62 bits per heavy atom. The molecule has 5 heteroatoms. The smallest absolute Gasteiger partial charge is 0.314 e. The van der Waals surface area contributed by atoms with Crippen LogP contribution in [0.2, 0.25) is 0 Å². The molecule has 0 bridgehead atoms. The molecule has 0 fully saturated rings. The van der Waals surface area contributed by atoms with Crippen LogP contribution in [0, 0.1) is 0 Å². The Morgan fingerprint density at radius 3 is 1.75 bits per heavy atom. The average Bonchev–Trinajstić information content (AvgIpc) is 1.65.